The summed E-state index contributed by atoms with van der Waals surface area (Å²) in [6.45, 7) is 2.03. The van der Waals surface area contributed by atoms with Crippen LogP contribution in [0.1, 0.15) is 15.9 Å². The number of pyridine rings is 2. The fraction of sp³-hybridized carbons (Fsp3) is 0.0952. The van der Waals surface area contributed by atoms with Crippen LogP contribution < -0.4 is 10.1 Å². The second kappa shape index (κ2) is 7.44. The lowest BCUT2D eigenvalue weighted by atomic mass is 10.1. The lowest BCUT2D eigenvalue weighted by Gasteiger charge is -2.11. The van der Waals surface area contributed by atoms with E-state index < -0.39 is 0 Å². The standard InChI is InChI=1S/C21H17BrN4O2/c1-13-4-3-7-26-12-18(24-20(13)26)14-5-6-19(28-2)17(9-14)25-21(27)15-8-16(22)11-23-10-15/h3-12H,1-2H3,(H,25,27). The predicted octanol–water partition coefficient (Wildman–Crippen LogP) is 4.73. The van der Waals surface area contributed by atoms with Gasteiger partial charge in [0, 0.05) is 34.8 Å². The van der Waals surface area contributed by atoms with Gasteiger partial charge in [-0.25, -0.2) is 4.98 Å². The van der Waals surface area contributed by atoms with Gasteiger partial charge < -0.3 is 14.5 Å². The number of ether oxygens (including phenoxy) is 1. The number of carbonyl (C=O) groups excluding carboxylic acids is 1. The van der Waals surface area contributed by atoms with Gasteiger partial charge in [-0.2, -0.15) is 0 Å². The summed E-state index contributed by atoms with van der Waals surface area (Å²) in [5.74, 6) is 0.301. The zero-order chi connectivity index (χ0) is 19.7. The zero-order valence-corrected chi connectivity index (χ0v) is 16.9. The molecule has 3 aromatic heterocycles. The molecule has 0 aliphatic heterocycles. The van der Waals surface area contributed by atoms with Gasteiger partial charge in [0.15, 0.2) is 0 Å². The minimum atomic E-state index is -0.268. The molecule has 0 atom stereocenters. The molecule has 0 aliphatic carbocycles. The number of hydrogen-bond acceptors (Lipinski definition) is 4. The first kappa shape index (κ1) is 18.2. The fourth-order valence-corrected chi connectivity index (χ4v) is 3.35. The van der Waals surface area contributed by atoms with Gasteiger partial charge in [0.2, 0.25) is 0 Å². The van der Waals surface area contributed by atoms with Crippen molar-refractivity contribution in [3.63, 3.8) is 0 Å². The first-order valence-electron chi connectivity index (χ1n) is 8.60. The third-order valence-electron chi connectivity index (χ3n) is 4.39. The summed E-state index contributed by atoms with van der Waals surface area (Å²) in [6, 6.07) is 11.3. The quantitative estimate of drug-likeness (QED) is 0.502. The summed E-state index contributed by atoms with van der Waals surface area (Å²) in [5, 5.41) is 2.90. The van der Waals surface area contributed by atoms with E-state index in [0.717, 1.165) is 26.9 Å². The van der Waals surface area contributed by atoms with Crippen LogP contribution in [0.5, 0.6) is 5.75 Å². The Kier molecular flexibility index (Phi) is 4.83. The van der Waals surface area contributed by atoms with Gasteiger partial charge in [-0.3, -0.25) is 9.78 Å². The van der Waals surface area contributed by atoms with Crippen molar-refractivity contribution in [3.8, 4) is 17.0 Å². The molecule has 0 radical (unpaired) electrons. The minimum absolute atomic E-state index is 0.268. The van der Waals surface area contributed by atoms with Crippen LogP contribution in [0, 0.1) is 6.92 Å². The summed E-state index contributed by atoms with van der Waals surface area (Å²) in [5.41, 5.74) is 4.71. The summed E-state index contributed by atoms with van der Waals surface area (Å²) < 4.78 is 8.13. The molecule has 0 unspecified atom stereocenters. The van der Waals surface area contributed by atoms with E-state index >= 15 is 0 Å². The van der Waals surface area contributed by atoms with Crippen LogP contribution in [0.15, 0.2) is 65.7 Å². The minimum Gasteiger partial charge on any atom is -0.495 e. The Morgan fingerprint density at radius 2 is 2.07 bits per heavy atom. The summed E-state index contributed by atoms with van der Waals surface area (Å²) in [6.07, 6.45) is 7.07. The third-order valence-corrected chi connectivity index (χ3v) is 4.82. The highest BCUT2D eigenvalue weighted by Crippen LogP contribution is 2.31. The topological polar surface area (TPSA) is 68.5 Å². The van der Waals surface area contributed by atoms with Crippen molar-refractivity contribution in [3.05, 3.63) is 76.8 Å². The lowest BCUT2D eigenvalue weighted by Crippen LogP contribution is -2.13. The number of benzene rings is 1. The van der Waals surface area contributed by atoms with Gasteiger partial charge in [0.05, 0.1) is 24.1 Å². The summed E-state index contributed by atoms with van der Waals surface area (Å²) >= 11 is 3.33. The molecule has 1 aromatic carbocycles. The van der Waals surface area contributed by atoms with E-state index in [1.807, 2.05) is 54.0 Å². The molecule has 0 fully saturated rings. The molecule has 1 N–H and O–H groups in total. The van der Waals surface area contributed by atoms with Crippen LogP contribution in [0.2, 0.25) is 0 Å². The second-order valence-corrected chi connectivity index (χ2v) is 7.22. The Hall–Kier alpha value is -3.19. The Bertz CT molecular complexity index is 1190. The van der Waals surface area contributed by atoms with Gasteiger partial charge in [0.1, 0.15) is 11.4 Å². The second-order valence-electron chi connectivity index (χ2n) is 6.31. The van der Waals surface area contributed by atoms with E-state index in [-0.39, 0.29) is 5.91 Å². The van der Waals surface area contributed by atoms with Gasteiger partial charge in [-0.05, 0) is 58.7 Å². The van der Waals surface area contributed by atoms with Crippen molar-refractivity contribution in [2.75, 3.05) is 12.4 Å². The fourth-order valence-electron chi connectivity index (χ4n) is 2.99. The highest BCUT2D eigenvalue weighted by molar-refractivity contribution is 9.10. The van der Waals surface area contributed by atoms with Crippen LogP contribution in [0.3, 0.4) is 0 Å². The number of anilines is 1. The summed E-state index contributed by atoms with van der Waals surface area (Å²) in [4.78, 5) is 21.4. The first-order valence-corrected chi connectivity index (χ1v) is 9.39. The number of nitrogens with one attached hydrogen (secondary N) is 1. The predicted molar refractivity (Wildman–Crippen MR) is 112 cm³/mol. The molecule has 6 nitrogen and oxygen atoms in total. The SMILES string of the molecule is COc1ccc(-c2cn3cccc(C)c3n2)cc1NC(=O)c1cncc(Br)c1. The Morgan fingerprint density at radius 3 is 2.82 bits per heavy atom. The molecule has 3 heterocycles. The van der Waals surface area contributed by atoms with E-state index in [9.17, 15) is 4.79 Å². The number of methoxy groups -OCH3 is 1. The maximum atomic E-state index is 12.6. The number of imidazole rings is 1. The average Bonchev–Trinajstić information content (AvgIpc) is 3.14. The van der Waals surface area contributed by atoms with Crippen molar-refractivity contribution in [2.45, 2.75) is 6.92 Å². The maximum Gasteiger partial charge on any atom is 0.257 e. The first-order chi connectivity index (χ1) is 13.5. The molecule has 7 heteroatoms. The smallest absolute Gasteiger partial charge is 0.257 e. The molecule has 0 bridgehead atoms. The third kappa shape index (κ3) is 3.48. The normalized spacial score (nSPS) is 10.8. The number of carbonyl (C=O) groups is 1. The van der Waals surface area contributed by atoms with Gasteiger partial charge in [-0.15, -0.1) is 0 Å². The average molecular weight is 437 g/mol. The van der Waals surface area contributed by atoms with Crippen LogP contribution in [0.4, 0.5) is 5.69 Å². The van der Waals surface area contributed by atoms with Gasteiger partial charge >= 0.3 is 0 Å². The Balaban J connectivity index is 1.71. The van der Waals surface area contributed by atoms with E-state index in [0.29, 0.717) is 17.0 Å². The van der Waals surface area contributed by atoms with Crippen molar-refractivity contribution >= 4 is 33.2 Å². The van der Waals surface area contributed by atoms with Crippen molar-refractivity contribution in [1.82, 2.24) is 14.4 Å². The molecule has 4 rings (SSSR count). The molecule has 0 saturated heterocycles. The number of rotatable bonds is 4. The van der Waals surface area contributed by atoms with Crippen LogP contribution in [-0.4, -0.2) is 27.4 Å². The lowest BCUT2D eigenvalue weighted by molar-refractivity contribution is 0.102. The maximum absolute atomic E-state index is 12.6. The van der Waals surface area contributed by atoms with E-state index in [1.165, 1.54) is 6.20 Å². The molecule has 4 aromatic rings. The number of halogens is 1. The number of aromatic nitrogens is 3. The molecular formula is C21H17BrN4O2. The molecular weight excluding hydrogens is 420 g/mol. The highest BCUT2D eigenvalue weighted by atomic mass is 79.9. The van der Waals surface area contributed by atoms with Crippen LogP contribution in [0.25, 0.3) is 16.9 Å². The Morgan fingerprint density at radius 1 is 1.21 bits per heavy atom. The number of hydrogen-bond donors (Lipinski definition) is 1. The number of fused-ring (bicyclic) bond motifs is 1. The highest BCUT2D eigenvalue weighted by Gasteiger charge is 2.13. The van der Waals surface area contributed by atoms with Crippen LogP contribution >= 0.6 is 15.9 Å². The van der Waals surface area contributed by atoms with E-state index in [2.05, 4.69) is 26.2 Å². The largest absolute Gasteiger partial charge is 0.495 e. The van der Waals surface area contributed by atoms with E-state index in [4.69, 9.17) is 9.72 Å². The molecule has 1 amide bonds. The van der Waals surface area contributed by atoms with Crippen molar-refractivity contribution in [2.24, 2.45) is 0 Å². The monoisotopic (exact) mass is 436 g/mol. The number of nitrogens with zero attached hydrogens (tertiary/aromatic N) is 3. The molecule has 0 spiro atoms. The molecule has 140 valence electrons. The molecule has 0 aliphatic rings. The van der Waals surface area contributed by atoms with E-state index in [1.54, 1.807) is 19.4 Å². The number of aryl methyl sites for hydroxylation is 1. The van der Waals surface area contributed by atoms with Crippen molar-refractivity contribution < 1.29 is 9.53 Å². The molecule has 28 heavy (non-hydrogen) atoms. The molecule has 0 saturated carbocycles. The zero-order valence-electron chi connectivity index (χ0n) is 15.3. The summed E-state index contributed by atoms with van der Waals surface area (Å²) in [7, 11) is 1.57. The van der Waals surface area contributed by atoms with Crippen LogP contribution in [-0.2, 0) is 0 Å². The number of amides is 1. The van der Waals surface area contributed by atoms with Crippen molar-refractivity contribution in [1.29, 1.82) is 0 Å². The van der Waals surface area contributed by atoms with Gasteiger partial charge in [-0.1, -0.05) is 6.07 Å². The Labute approximate surface area is 170 Å². The van der Waals surface area contributed by atoms with Gasteiger partial charge in [0.25, 0.3) is 5.91 Å².